The number of hydrogen-bond donors (Lipinski definition) is 2. The van der Waals surface area contributed by atoms with Crippen LogP contribution in [0.4, 0.5) is 0 Å². The van der Waals surface area contributed by atoms with Gasteiger partial charge in [0.2, 0.25) is 10.0 Å². The molecule has 0 aliphatic carbocycles. The predicted octanol–water partition coefficient (Wildman–Crippen LogP) is 1.50. The van der Waals surface area contributed by atoms with Crippen molar-refractivity contribution < 1.29 is 13.5 Å². The molecule has 0 bridgehead atoms. The summed E-state index contributed by atoms with van der Waals surface area (Å²) in [4.78, 5) is 0.237. The highest BCUT2D eigenvalue weighted by Crippen LogP contribution is 2.22. The normalized spacial score (nSPS) is 13.7. The molecule has 2 rings (SSSR count). The molecule has 96 valence electrons. The van der Waals surface area contributed by atoms with E-state index in [-0.39, 0.29) is 11.5 Å². The van der Waals surface area contributed by atoms with E-state index in [1.165, 1.54) is 0 Å². The Morgan fingerprint density at radius 1 is 1.17 bits per heavy atom. The van der Waals surface area contributed by atoms with Crippen LogP contribution < -0.4 is 4.72 Å². The quantitative estimate of drug-likeness (QED) is 0.880. The van der Waals surface area contributed by atoms with E-state index in [1.54, 1.807) is 31.2 Å². The van der Waals surface area contributed by atoms with Crippen molar-refractivity contribution in [2.45, 2.75) is 17.9 Å². The smallest absolute Gasteiger partial charge is 0.241 e. The summed E-state index contributed by atoms with van der Waals surface area (Å²) in [5, 5.41) is 10.5. The van der Waals surface area contributed by atoms with Gasteiger partial charge in [-0.3, -0.25) is 0 Å². The Bertz CT molecular complexity index is 647. The van der Waals surface area contributed by atoms with Crippen LogP contribution in [0.3, 0.4) is 0 Å². The maximum absolute atomic E-state index is 12.2. The monoisotopic (exact) mass is 265 g/mol. The fraction of sp³-hybridized carbons (Fsp3) is 0.231. The average Bonchev–Trinajstić information content (AvgIpc) is 2.37. The fourth-order valence-electron chi connectivity index (χ4n) is 1.80. The first-order valence-electron chi connectivity index (χ1n) is 5.65. The van der Waals surface area contributed by atoms with Gasteiger partial charge in [0.1, 0.15) is 0 Å². The number of fused-ring (bicyclic) bond motifs is 1. The minimum atomic E-state index is -3.61. The number of benzene rings is 2. The molecule has 0 fully saturated rings. The van der Waals surface area contributed by atoms with E-state index in [1.807, 2.05) is 18.2 Å². The SMILES string of the molecule is C[C@H](CO)NS(=O)(=O)c1cccc2ccccc12. The summed E-state index contributed by atoms with van der Waals surface area (Å²) < 4.78 is 26.8. The molecule has 0 heterocycles. The highest BCUT2D eigenvalue weighted by Gasteiger charge is 2.19. The van der Waals surface area contributed by atoms with Crippen molar-refractivity contribution in [3.05, 3.63) is 42.5 Å². The Morgan fingerprint density at radius 2 is 1.83 bits per heavy atom. The zero-order valence-corrected chi connectivity index (χ0v) is 10.8. The molecular formula is C13H15NO3S. The van der Waals surface area contributed by atoms with Crippen molar-refractivity contribution >= 4 is 20.8 Å². The van der Waals surface area contributed by atoms with Gasteiger partial charge in [-0.15, -0.1) is 0 Å². The summed E-state index contributed by atoms with van der Waals surface area (Å²) in [6.07, 6.45) is 0. The molecule has 5 heteroatoms. The van der Waals surface area contributed by atoms with Gasteiger partial charge in [0.25, 0.3) is 0 Å². The largest absolute Gasteiger partial charge is 0.395 e. The molecule has 2 aromatic rings. The maximum Gasteiger partial charge on any atom is 0.241 e. The van der Waals surface area contributed by atoms with Gasteiger partial charge in [0.15, 0.2) is 0 Å². The zero-order valence-electron chi connectivity index (χ0n) is 10.00. The number of rotatable bonds is 4. The molecule has 0 saturated carbocycles. The molecule has 0 amide bonds. The van der Waals surface area contributed by atoms with E-state index in [0.717, 1.165) is 5.39 Å². The molecular weight excluding hydrogens is 250 g/mol. The molecule has 18 heavy (non-hydrogen) atoms. The van der Waals surface area contributed by atoms with E-state index >= 15 is 0 Å². The third-order valence-corrected chi connectivity index (χ3v) is 4.32. The van der Waals surface area contributed by atoms with Crippen molar-refractivity contribution in [1.82, 2.24) is 4.72 Å². The molecule has 2 aromatic carbocycles. The summed E-state index contributed by atoms with van der Waals surface area (Å²) >= 11 is 0. The van der Waals surface area contributed by atoms with E-state index in [0.29, 0.717) is 5.39 Å². The van der Waals surface area contributed by atoms with Gasteiger partial charge in [-0.1, -0.05) is 36.4 Å². The van der Waals surface area contributed by atoms with Gasteiger partial charge in [-0.05, 0) is 18.4 Å². The van der Waals surface area contributed by atoms with Gasteiger partial charge in [0, 0.05) is 11.4 Å². The molecule has 0 aromatic heterocycles. The molecule has 1 atom stereocenters. The van der Waals surface area contributed by atoms with Gasteiger partial charge >= 0.3 is 0 Å². The Labute approximate surface area is 106 Å². The molecule has 0 aliphatic heterocycles. The summed E-state index contributed by atoms with van der Waals surface area (Å²) in [6, 6.07) is 11.9. The summed E-state index contributed by atoms with van der Waals surface area (Å²) in [5.74, 6) is 0. The van der Waals surface area contributed by atoms with Crippen LogP contribution >= 0.6 is 0 Å². The zero-order chi connectivity index (χ0) is 13.2. The average molecular weight is 265 g/mol. The van der Waals surface area contributed by atoms with Crippen molar-refractivity contribution in [3.63, 3.8) is 0 Å². The summed E-state index contributed by atoms with van der Waals surface area (Å²) in [5.41, 5.74) is 0. The molecule has 2 N–H and O–H groups in total. The van der Waals surface area contributed by atoms with Gasteiger partial charge in [0.05, 0.1) is 11.5 Å². The number of aliphatic hydroxyl groups is 1. The lowest BCUT2D eigenvalue weighted by Gasteiger charge is -2.13. The second-order valence-electron chi connectivity index (χ2n) is 4.18. The topological polar surface area (TPSA) is 66.4 Å². The van der Waals surface area contributed by atoms with Gasteiger partial charge < -0.3 is 5.11 Å². The number of nitrogens with one attached hydrogen (secondary N) is 1. The van der Waals surface area contributed by atoms with Crippen LogP contribution in [0.15, 0.2) is 47.4 Å². The van der Waals surface area contributed by atoms with Crippen LogP contribution in [0.1, 0.15) is 6.92 Å². The number of aliphatic hydroxyl groups excluding tert-OH is 1. The standard InChI is InChI=1S/C13H15NO3S/c1-10(9-15)14-18(16,17)13-8-4-6-11-5-2-3-7-12(11)13/h2-8,10,14-15H,9H2,1H3/t10-/m1/s1. The fourth-order valence-corrected chi connectivity index (χ4v) is 3.26. The Morgan fingerprint density at radius 3 is 2.56 bits per heavy atom. The van der Waals surface area contributed by atoms with Crippen LogP contribution in [0, 0.1) is 0 Å². The lowest BCUT2D eigenvalue weighted by Crippen LogP contribution is -2.35. The minimum Gasteiger partial charge on any atom is -0.395 e. The van der Waals surface area contributed by atoms with Crippen LogP contribution in [0.2, 0.25) is 0 Å². The maximum atomic E-state index is 12.2. The lowest BCUT2D eigenvalue weighted by molar-refractivity contribution is 0.265. The first kappa shape index (κ1) is 13.0. The molecule has 4 nitrogen and oxygen atoms in total. The van der Waals surface area contributed by atoms with Crippen LogP contribution in [-0.4, -0.2) is 26.2 Å². The summed E-state index contributed by atoms with van der Waals surface area (Å²) in [6.45, 7) is 1.38. The predicted molar refractivity (Wildman–Crippen MR) is 70.8 cm³/mol. The van der Waals surface area contributed by atoms with Crippen molar-refractivity contribution in [1.29, 1.82) is 0 Å². The molecule has 0 aliphatic rings. The van der Waals surface area contributed by atoms with Crippen molar-refractivity contribution in [2.75, 3.05) is 6.61 Å². The van der Waals surface area contributed by atoms with Gasteiger partial charge in [-0.25, -0.2) is 13.1 Å². The first-order valence-corrected chi connectivity index (χ1v) is 7.14. The highest BCUT2D eigenvalue weighted by atomic mass is 32.2. The number of sulfonamides is 1. The second kappa shape index (κ2) is 5.06. The number of hydrogen-bond acceptors (Lipinski definition) is 3. The Hall–Kier alpha value is -1.43. The summed E-state index contributed by atoms with van der Waals surface area (Å²) in [7, 11) is -3.61. The van der Waals surface area contributed by atoms with E-state index in [2.05, 4.69) is 4.72 Å². The van der Waals surface area contributed by atoms with Gasteiger partial charge in [-0.2, -0.15) is 0 Å². The molecule has 0 radical (unpaired) electrons. The second-order valence-corrected chi connectivity index (χ2v) is 5.86. The Kier molecular flexibility index (Phi) is 3.65. The molecule has 0 spiro atoms. The minimum absolute atomic E-state index is 0.232. The Balaban J connectivity index is 2.54. The molecule has 0 saturated heterocycles. The van der Waals surface area contributed by atoms with Crippen LogP contribution in [0.25, 0.3) is 10.8 Å². The lowest BCUT2D eigenvalue weighted by atomic mass is 10.1. The van der Waals surface area contributed by atoms with Crippen molar-refractivity contribution in [3.8, 4) is 0 Å². The third-order valence-electron chi connectivity index (χ3n) is 2.67. The van der Waals surface area contributed by atoms with E-state index in [9.17, 15) is 8.42 Å². The van der Waals surface area contributed by atoms with Crippen molar-refractivity contribution in [2.24, 2.45) is 0 Å². The third kappa shape index (κ3) is 2.53. The first-order chi connectivity index (χ1) is 8.54. The van der Waals surface area contributed by atoms with Crippen LogP contribution in [-0.2, 0) is 10.0 Å². The van der Waals surface area contributed by atoms with Crippen LogP contribution in [0.5, 0.6) is 0 Å². The highest BCUT2D eigenvalue weighted by molar-refractivity contribution is 7.89. The van der Waals surface area contributed by atoms with E-state index in [4.69, 9.17) is 5.11 Å². The van der Waals surface area contributed by atoms with E-state index < -0.39 is 16.1 Å². The molecule has 0 unspecified atom stereocenters.